The third-order valence-corrected chi connectivity index (χ3v) is 4.10. The van der Waals surface area contributed by atoms with Crippen molar-refractivity contribution in [3.05, 3.63) is 28.6 Å². The maximum absolute atomic E-state index is 5.84. The number of benzene rings is 1. The summed E-state index contributed by atoms with van der Waals surface area (Å²) in [7, 11) is 1.70. The van der Waals surface area contributed by atoms with E-state index in [1.54, 1.807) is 18.4 Å². The summed E-state index contributed by atoms with van der Waals surface area (Å²) < 4.78 is 6.54. The lowest BCUT2D eigenvalue weighted by Crippen LogP contribution is -2.00. The monoisotopic (exact) mass is 249 g/mol. The minimum absolute atomic E-state index is 0.629. The fraction of sp³-hybridized carbons (Fsp3) is 0.429. The molecule has 92 valence electrons. The number of ether oxygens (including phenoxy) is 1. The molecular weight excluding hydrogens is 230 g/mol. The van der Waals surface area contributed by atoms with Crippen molar-refractivity contribution in [2.45, 2.75) is 26.8 Å². The average molecular weight is 249 g/mol. The van der Waals surface area contributed by atoms with Gasteiger partial charge in [0, 0.05) is 16.1 Å². The molecule has 0 amide bonds. The maximum Gasteiger partial charge on any atom is 0.120 e. The van der Waals surface area contributed by atoms with Crippen molar-refractivity contribution in [2.75, 3.05) is 7.11 Å². The first kappa shape index (κ1) is 12.4. The van der Waals surface area contributed by atoms with Crippen LogP contribution in [0.5, 0.6) is 5.75 Å². The van der Waals surface area contributed by atoms with E-state index in [4.69, 9.17) is 10.5 Å². The molecule has 1 aromatic heterocycles. The lowest BCUT2D eigenvalue weighted by atomic mass is 10.00. The molecular formula is C14H19NOS. The summed E-state index contributed by atoms with van der Waals surface area (Å²) in [5, 5.41) is 1.34. The summed E-state index contributed by atoms with van der Waals surface area (Å²) in [6.45, 7) is 5.12. The smallest absolute Gasteiger partial charge is 0.120 e. The highest BCUT2D eigenvalue weighted by Gasteiger charge is 2.12. The molecule has 0 aliphatic heterocycles. The lowest BCUT2D eigenvalue weighted by Gasteiger charge is -2.06. The van der Waals surface area contributed by atoms with Crippen molar-refractivity contribution in [2.24, 2.45) is 11.7 Å². The molecule has 17 heavy (non-hydrogen) atoms. The fourth-order valence-electron chi connectivity index (χ4n) is 2.10. The van der Waals surface area contributed by atoms with Crippen molar-refractivity contribution < 1.29 is 4.74 Å². The Bertz CT molecular complexity index is 516. The summed E-state index contributed by atoms with van der Waals surface area (Å²) in [5.74, 6) is 1.57. The zero-order valence-electron chi connectivity index (χ0n) is 10.6. The Morgan fingerprint density at radius 2 is 2.12 bits per heavy atom. The quantitative estimate of drug-likeness (QED) is 0.899. The molecule has 2 rings (SSSR count). The highest BCUT2D eigenvalue weighted by molar-refractivity contribution is 7.19. The van der Waals surface area contributed by atoms with Crippen LogP contribution in [-0.4, -0.2) is 7.11 Å². The third kappa shape index (κ3) is 2.45. The van der Waals surface area contributed by atoms with Gasteiger partial charge < -0.3 is 10.5 Å². The molecule has 0 saturated carbocycles. The van der Waals surface area contributed by atoms with Crippen LogP contribution in [-0.2, 0) is 13.0 Å². The largest absolute Gasteiger partial charge is 0.497 e. The van der Waals surface area contributed by atoms with Gasteiger partial charge in [-0.25, -0.2) is 0 Å². The van der Waals surface area contributed by atoms with Gasteiger partial charge in [0.05, 0.1) is 7.11 Å². The van der Waals surface area contributed by atoms with Gasteiger partial charge in [0.1, 0.15) is 5.75 Å². The van der Waals surface area contributed by atoms with Crippen molar-refractivity contribution in [3.63, 3.8) is 0 Å². The summed E-state index contributed by atoms with van der Waals surface area (Å²) >= 11 is 1.79. The summed E-state index contributed by atoms with van der Waals surface area (Å²) in [5.41, 5.74) is 7.26. The highest BCUT2D eigenvalue weighted by Crippen LogP contribution is 2.35. The van der Waals surface area contributed by atoms with Crippen molar-refractivity contribution in [1.82, 2.24) is 0 Å². The SMILES string of the molecule is COc1ccc2c(CC(C)C)c(CN)sc2c1. The fourth-order valence-corrected chi connectivity index (χ4v) is 3.25. The normalized spacial score (nSPS) is 11.4. The van der Waals surface area contributed by atoms with Gasteiger partial charge in [-0.2, -0.15) is 0 Å². The van der Waals surface area contributed by atoms with E-state index in [1.165, 1.54) is 20.5 Å². The lowest BCUT2D eigenvalue weighted by molar-refractivity contribution is 0.415. The first-order valence-electron chi connectivity index (χ1n) is 5.94. The highest BCUT2D eigenvalue weighted by atomic mass is 32.1. The standard InChI is InChI=1S/C14H19NOS/c1-9(2)6-12-11-5-4-10(16-3)7-13(11)17-14(12)8-15/h4-5,7,9H,6,8,15H2,1-3H3. The van der Waals surface area contributed by atoms with Crippen LogP contribution in [0.3, 0.4) is 0 Å². The Morgan fingerprint density at radius 3 is 2.71 bits per heavy atom. The van der Waals surface area contributed by atoms with Crippen molar-refractivity contribution in [3.8, 4) is 5.75 Å². The number of hydrogen-bond acceptors (Lipinski definition) is 3. The zero-order valence-corrected chi connectivity index (χ0v) is 11.4. The topological polar surface area (TPSA) is 35.2 Å². The Balaban J connectivity index is 2.55. The third-order valence-electron chi connectivity index (χ3n) is 2.88. The second-order valence-corrected chi connectivity index (χ2v) is 5.80. The number of thiophene rings is 1. The zero-order chi connectivity index (χ0) is 12.4. The van der Waals surface area contributed by atoms with Crippen LogP contribution >= 0.6 is 11.3 Å². The Hall–Kier alpha value is -1.06. The number of rotatable bonds is 4. The van der Waals surface area contributed by atoms with Crippen LogP contribution in [0.15, 0.2) is 18.2 Å². The van der Waals surface area contributed by atoms with Crippen LogP contribution in [0.2, 0.25) is 0 Å². The second-order valence-electron chi connectivity index (χ2n) is 4.67. The molecule has 0 spiro atoms. The van der Waals surface area contributed by atoms with Crippen molar-refractivity contribution >= 4 is 21.4 Å². The number of fused-ring (bicyclic) bond motifs is 1. The van der Waals surface area contributed by atoms with Crippen LogP contribution in [0.4, 0.5) is 0 Å². The van der Waals surface area contributed by atoms with Crippen LogP contribution in [0.1, 0.15) is 24.3 Å². The van der Waals surface area contributed by atoms with E-state index in [0.29, 0.717) is 12.5 Å². The predicted octanol–water partition coefficient (Wildman–Crippen LogP) is 3.57. The Morgan fingerprint density at radius 1 is 1.35 bits per heavy atom. The van der Waals surface area contributed by atoms with E-state index in [9.17, 15) is 0 Å². The van der Waals surface area contributed by atoms with E-state index < -0.39 is 0 Å². The number of hydrogen-bond donors (Lipinski definition) is 1. The number of nitrogens with two attached hydrogens (primary N) is 1. The molecule has 0 aliphatic carbocycles. The predicted molar refractivity (Wildman–Crippen MR) is 74.8 cm³/mol. The molecule has 0 aliphatic rings. The molecule has 0 unspecified atom stereocenters. The first-order valence-corrected chi connectivity index (χ1v) is 6.75. The molecule has 0 fully saturated rings. The van der Waals surface area contributed by atoms with Gasteiger partial charge in [-0.05, 0) is 41.5 Å². The van der Waals surface area contributed by atoms with Gasteiger partial charge in [-0.1, -0.05) is 13.8 Å². The molecule has 0 radical (unpaired) electrons. The Labute approximate surface area is 106 Å². The van der Waals surface area contributed by atoms with Gasteiger partial charge in [0.2, 0.25) is 0 Å². The molecule has 1 heterocycles. The average Bonchev–Trinajstić information content (AvgIpc) is 2.65. The Kier molecular flexibility index (Phi) is 3.69. The van der Waals surface area contributed by atoms with Gasteiger partial charge in [-0.3, -0.25) is 0 Å². The summed E-state index contributed by atoms with van der Waals surface area (Å²) in [6, 6.07) is 6.28. The van der Waals surface area contributed by atoms with Gasteiger partial charge in [0.25, 0.3) is 0 Å². The van der Waals surface area contributed by atoms with Gasteiger partial charge in [-0.15, -0.1) is 11.3 Å². The molecule has 1 aromatic carbocycles. The maximum atomic E-state index is 5.84. The molecule has 0 saturated heterocycles. The molecule has 0 bridgehead atoms. The van der Waals surface area contributed by atoms with E-state index in [2.05, 4.69) is 26.0 Å². The first-order chi connectivity index (χ1) is 8.15. The van der Waals surface area contributed by atoms with Crippen LogP contribution < -0.4 is 10.5 Å². The van der Waals surface area contributed by atoms with Crippen LogP contribution in [0, 0.1) is 5.92 Å². The minimum atomic E-state index is 0.629. The minimum Gasteiger partial charge on any atom is -0.497 e. The summed E-state index contributed by atoms with van der Waals surface area (Å²) in [4.78, 5) is 1.31. The van der Waals surface area contributed by atoms with Gasteiger partial charge >= 0.3 is 0 Å². The van der Waals surface area contributed by atoms with Gasteiger partial charge in [0.15, 0.2) is 0 Å². The second kappa shape index (κ2) is 5.07. The molecule has 0 atom stereocenters. The van der Waals surface area contributed by atoms with E-state index in [0.717, 1.165) is 12.2 Å². The van der Waals surface area contributed by atoms with Crippen molar-refractivity contribution in [1.29, 1.82) is 0 Å². The molecule has 3 heteroatoms. The molecule has 2 nitrogen and oxygen atoms in total. The number of methoxy groups -OCH3 is 1. The molecule has 2 N–H and O–H groups in total. The summed E-state index contributed by atoms with van der Waals surface area (Å²) in [6.07, 6.45) is 1.10. The molecule has 2 aromatic rings. The van der Waals surface area contributed by atoms with Crippen LogP contribution in [0.25, 0.3) is 10.1 Å². The van der Waals surface area contributed by atoms with E-state index >= 15 is 0 Å². The van der Waals surface area contributed by atoms with E-state index in [-0.39, 0.29) is 0 Å². The van der Waals surface area contributed by atoms with E-state index in [1.807, 2.05) is 6.07 Å².